The molecule has 29 heavy (non-hydrogen) atoms. The van der Waals surface area contributed by atoms with Gasteiger partial charge in [0.05, 0.1) is 16.9 Å². The Kier molecular flexibility index (Phi) is 7.38. The van der Waals surface area contributed by atoms with E-state index in [1.807, 2.05) is 0 Å². The Balaban J connectivity index is 1.53. The van der Waals surface area contributed by atoms with Crippen LogP contribution in [0.25, 0.3) is 0 Å². The van der Waals surface area contributed by atoms with Gasteiger partial charge in [0.25, 0.3) is 5.56 Å². The van der Waals surface area contributed by atoms with E-state index in [1.54, 1.807) is 24.5 Å². The van der Waals surface area contributed by atoms with Gasteiger partial charge in [-0.05, 0) is 43.3 Å². The molecular formula is C22H25ClN4O2. The van der Waals surface area contributed by atoms with Crippen LogP contribution in [-0.4, -0.2) is 33.3 Å². The molecule has 0 amide bonds. The van der Waals surface area contributed by atoms with Gasteiger partial charge in [0.1, 0.15) is 12.4 Å². The predicted octanol–water partition coefficient (Wildman–Crippen LogP) is 3.57. The zero-order chi connectivity index (χ0) is 20.6. The minimum Gasteiger partial charge on any atom is -0.485 e. The maximum absolute atomic E-state index is 12.3. The molecule has 0 radical (unpaired) electrons. The Bertz CT molecular complexity index is 971. The minimum absolute atomic E-state index is 0.187. The van der Waals surface area contributed by atoms with Crippen LogP contribution in [0.4, 0.5) is 0 Å². The lowest BCUT2D eigenvalue weighted by Gasteiger charge is -2.14. The molecule has 3 rings (SSSR count). The van der Waals surface area contributed by atoms with E-state index in [1.165, 1.54) is 21.9 Å². The number of nitrogens with zero attached hydrogens (tertiary/aromatic N) is 4. The quantitative estimate of drug-likeness (QED) is 0.537. The van der Waals surface area contributed by atoms with Crippen LogP contribution in [0, 0.1) is 0 Å². The molecule has 2 heterocycles. The molecule has 0 bridgehead atoms. The molecule has 1 aromatic carbocycles. The van der Waals surface area contributed by atoms with Crippen LogP contribution >= 0.6 is 11.6 Å². The lowest BCUT2D eigenvalue weighted by atomic mass is 10.1. The smallest absolute Gasteiger partial charge is 0.270 e. The number of ether oxygens (including phenoxy) is 1. The summed E-state index contributed by atoms with van der Waals surface area (Å²) in [6.45, 7) is 4.87. The average Bonchev–Trinajstić information content (AvgIpc) is 2.73. The molecule has 2 aromatic heterocycles. The van der Waals surface area contributed by atoms with E-state index in [9.17, 15) is 4.79 Å². The van der Waals surface area contributed by atoms with E-state index < -0.39 is 0 Å². The minimum atomic E-state index is -0.187. The van der Waals surface area contributed by atoms with E-state index >= 15 is 0 Å². The van der Waals surface area contributed by atoms with Crippen molar-refractivity contribution in [2.45, 2.75) is 33.0 Å². The van der Waals surface area contributed by atoms with Gasteiger partial charge in [-0.2, -0.15) is 5.10 Å². The Morgan fingerprint density at radius 3 is 2.52 bits per heavy atom. The number of aryl methyl sites for hydroxylation is 2. The highest BCUT2D eigenvalue weighted by atomic mass is 35.5. The van der Waals surface area contributed by atoms with E-state index in [4.69, 9.17) is 16.3 Å². The molecule has 0 fully saturated rings. The molecule has 0 aliphatic carbocycles. The first-order valence-corrected chi connectivity index (χ1v) is 9.98. The topological polar surface area (TPSA) is 60.3 Å². The van der Waals surface area contributed by atoms with Crippen LogP contribution in [0.1, 0.15) is 23.7 Å². The van der Waals surface area contributed by atoms with Crippen molar-refractivity contribution in [1.29, 1.82) is 0 Å². The van der Waals surface area contributed by atoms with E-state index in [-0.39, 0.29) is 12.2 Å². The van der Waals surface area contributed by atoms with Crippen LogP contribution in [0.15, 0.2) is 59.7 Å². The van der Waals surface area contributed by atoms with E-state index in [0.717, 1.165) is 25.2 Å². The SMILES string of the molecule is CCN(C)Cc1ccc(CCn2ncc(OCc3ccc(Cl)cn3)cc2=O)cc1. The molecule has 0 saturated carbocycles. The number of pyridine rings is 1. The highest BCUT2D eigenvalue weighted by molar-refractivity contribution is 6.30. The molecular weight excluding hydrogens is 388 g/mol. The number of halogens is 1. The number of rotatable bonds is 9. The van der Waals surface area contributed by atoms with Gasteiger partial charge in [-0.1, -0.05) is 42.8 Å². The Morgan fingerprint density at radius 1 is 1.10 bits per heavy atom. The summed E-state index contributed by atoms with van der Waals surface area (Å²) in [4.78, 5) is 18.7. The largest absolute Gasteiger partial charge is 0.485 e. The third kappa shape index (κ3) is 6.41. The lowest BCUT2D eigenvalue weighted by molar-refractivity contribution is 0.297. The predicted molar refractivity (Wildman–Crippen MR) is 114 cm³/mol. The van der Waals surface area contributed by atoms with Crippen molar-refractivity contribution in [3.63, 3.8) is 0 Å². The first kappa shape index (κ1) is 21.0. The summed E-state index contributed by atoms with van der Waals surface area (Å²) >= 11 is 5.82. The van der Waals surface area contributed by atoms with Gasteiger partial charge < -0.3 is 9.64 Å². The van der Waals surface area contributed by atoms with Crippen molar-refractivity contribution in [2.24, 2.45) is 0 Å². The monoisotopic (exact) mass is 412 g/mol. The van der Waals surface area contributed by atoms with Crippen molar-refractivity contribution in [2.75, 3.05) is 13.6 Å². The summed E-state index contributed by atoms with van der Waals surface area (Å²) in [6.07, 6.45) is 3.86. The van der Waals surface area contributed by atoms with Gasteiger partial charge in [0, 0.05) is 25.4 Å². The first-order chi connectivity index (χ1) is 14.0. The number of hydrogen-bond donors (Lipinski definition) is 0. The summed E-state index contributed by atoms with van der Waals surface area (Å²) in [7, 11) is 2.10. The Morgan fingerprint density at radius 2 is 1.86 bits per heavy atom. The summed E-state index contributed by atoms with van der Waals surface area (Å²) < 4.78 is 7.05. The van der Waals surface area contributed by atoms with Crippen LogP contribution in [0.2, 0.25) is 5.02 Å². The first-order valence-electron chi connectivity index (χ1n) is 9.60. The van der Waals surface area contributed by atoms with Crippen LogP contribution in [0.3, 0.4) is 0 Å². The second-order valence-electron chi connectivity index (χ2n) is 6.91. The highest BCUT2D eigenvalue weighted by Gasteiger charge is 2.04. The molecule has 0 unspecified atom stereocenters. The third-order valence-electron chi connectivity index (χ3n) is 4.65. The molecule has 0 aliphatic heterocycles. The molecule has 6 nitrogen and oxygen atoms in total. The fourth-order valence-electron chi connectivity index (χ4n) is 2.78. The van der Waals surface area contributed by atoms with Crippen LogP contribution in [-0.2, 0) is 26.1 Å². The maximum atomic E-state index is 12.3. The van der Waals surface area contributed by atoms with Gasteiger partial charge >= 0.3 is 0 Å². The van der Waals surface area contributed by atoms with Crippen molar-refractivity contribution < 1.29 is 4.74 Å². The number of benzene rings is 1. The van der Waals surface area contributed by atoms with Gasteiger partial charge in [0.2, 0.25) is 0 Å². The molecule has 152 valence electrons. The van der Waals surface area contributed by atoms with Crippen molar-refractivity contribution in [1.82, 2.24) is 19.7 Å². The van der Waals surface area contributed by atoms with Gasteiger partial charge in [-0.15, -0.1) is 0 Å². The Hall–Kier alpha value is -2.70. The number of hydrogen-bond acceptors (Lipinski definition) is 5. The zero-order valence-electron chi connectivity index (χ0n) is 16.7. The number of aromatic nitrogens is 3. The standard InChI is InChI=1S/C22H25ClN4O2/c1-3-26(2)15-18-6-4-17(5-7-18)10-11-27-22(28)12-21(14-25-27)29-16-20-9-8-19(23)13-24-20/h4-9,12-14H,3,10-11,15-16H2,1-2H3. The molecule has 0 saturated heterocycles. The molecule has 7 heteroatoms. The van der Waals surface area contributed by atoms with Crippen LogP contribution < -0.4 is 10.3 Å². The van der Waals surface area contributed by atoms with Gasteiger partial charge in [0.15, 0.2) is 0 Å². The molecule has 0 spiro atoms. The summed E-state index contributed by atoms with van der Waals surface area (Å²) in [5.74, 6) is 0.424. The summed E-state index contributed by atoms with van der Waals surface area (Å²) in [5.41, 5.74) is 3.00. The van der Waals surface area contributed by atoms with Crippen molar-refractivity contribution >= 4 is 11.6 Å². The molecule has 0 atom stereocenters. The van der Waals surface area contributed by atoms with Gasteiger partial charge in [-0.3, -0.25) is 9.78 Å². The third-order valence-corrected chi connectivity index (χ3v) is 4.87. The fraction of sp³-hybridized carbons (Fsp3) is 0.318. The summed E-state index contributed by atoms with van der Waals surface area (Å²) in [6, 6.07) is 13.5. The molecule has 3 aromatic rings. The summed E-state index contributed by atoms with van der Waals surface area (Å²) in [5, 5.41) is 4.79. The molecule has 0 aliphatic rings. The van der Waals surface area contributed by atoms with Crippen LogP contribution in [0.5, 0.6) is 5.75 Å². The maximum Gasteiger partial charge on any atom is 0.270 e. The highest BCUT2D eigenvalue weighted by Crippen LogP contribution is 2.11. The van der Waals surface area contributed by atoms with E-state index in [0.29, 0.717) is 17.3 Å². The fourth-order valence-corrected chi connectivity index (χ4v) is 2.89. The van der Waals surface area contributed by atoms with E-state index in [2.05, 4.69) is 53.2 Å². The molecule has 0 N–H and O–H groups in total. The Labute approximate surface area is 175 Å². The van der Waals surface area contributed by atoms with Gasteiger partial charge in [-0.25, -0.2) is 4.68 Å². The second kappa shape index (κ2) is 10.2. The normalized spacial score (nSPS) is 11.0. The lowest BCUT2D eigenvalue weighted by Crippen LogP contribution is -2.23. The van der Waals surface area contributed by atoms with Crippen molar-refractivity contribution in [3.05, 3.63) is 87.1 Å². The van der Waals surface area contributed by atoms with Crippen molar-refractivity contribution in [3.8, 4) is 5.75 Å². The second-order valence-corrected chi connectivity index (χ2v) is 7.34. The average molecular weight is 413 g/mol. The zero-order valence-corrected chi connectivity index (χ0v) is 17.5.